The van der Waals surface area contributed by atoms with Gasteiger partial charge in [0.2, 0.25) is 0 Å². The Balaban J connectivity index is 2.09. The largest absolute Gasteiger partial charge is 0.417 e. The van der Waals surface area contributed by atoms with Gasteiger partial charge < -0.3 is 9.84 Å². The summed E-state index contributed by atoms with van der Waals surface area (Å²) in [5.41, 5.74) is 1.46. The third-order valence-electron chi connectivity index (χ3n) is 6.63. The van der Waals surface area contributed by atoms with Gasteiger partial charge in [-0.05, 0) is 91.6 Å². The molecular formula is C23H39BrN2O2SSi. The lowest BCUT2D eigenvalue weighted by Gasteiger charge is -2.43. The fraction of sp³-hybridized carbons (Fsp3) is 0.739. The average Bonchev–Trinajstić information content (AvgIpc) is 2.54. The Morgan fingerprint density at radius 1 is 1.27 bits per heavy atom. The van der Waals surface area contributed by atoms with Gasteiger partial charge in [0, 0.05) is 33.8 Å². The molecule has 1 saturated carbocycles. The summed E-state index contributed by atoms with van der Waals surface area (Å²) in [5.74, 6) is 1.14. The van der Waals surface area contributed by atoms with Crippen molar-refractivity contribution in [2.75, 3.05) is 12.4 Å². The van der Waals surface area contributed by atoms with Crippen LogP contribution >= 0.6 is 15.9 Å². The third kappa shape index (κ3) is 6.56. The molecule has 2 atom stereocenters. The molecule has 1 fully saturated rings. The number of aromatic nitrogens is 1. The van der Waals surface area contributed by atoms with Crippen molar-refractivity contribution >= 4 is 40.8 Å². The highest BCUT2D eigenvalue weighted by atomic mass is 79.9. The van der Waals surface area contributed by atoms with Crippen molar-refractivity contribution in [1.82, 2.24) is 4.98 Å². The SMILES string of the molecule is CC(C)(C)[S@@](=O)CC(=N)[C@@H](c1cccc(Br)n1)C1CC(CO[Si](C)(C)C(C)(C)C)C1. The molecule has 0 amide bonds. The van der Waals surface area contributed by atoms with Crippen LogP contribution in [0.3, 0.4) is 0 Å². The number of nitrogens with zero attached hydrogens (tertiary/aromatic N) is 1. The second-order valence-electron chi connectivity index (χ2n) is 11.2. The van der Waals surface area contributed by atoms with Gasteiger partial charge in [0.15, 0.2) is 8.32 Å². The van der Waals surface area contributed by atoms with Gasteiger partial charge in [0.25, 0.3) is 0 Å². The maximum atomic E-state index is 12.7. The summed E-state index contributed by atoms with van der Waals surface area (Å²) in [6.45, 7) is 18.1. The molecule has 1 aliphatic rings. The molecule has 4 nitrogen and oxygen atoms in total. The Morgan fingerprint density at radius 3 is 2.37 bits per heavy atom. The van der Waals surface area contributed by atoms with Crippen molar-refractivity contribution in [2.45, 2.75) is 83.2 Å². The Bertz CT molecular complexity index is 780. The molecule has 0 saturated heterocycles. The lowest BCUT2D eigenvalue weighted by atomic mass is 9.66. The summed E-state index contributed by atoms with van der Waals surface area (Å²) < 4.78 is 19.6. The highest BCUT2D eigenvalue weighted by Gasteiger charge is 2.42. The first-order valence-electron chi connectivity index (χ1n) is 10.8. The molecule has 1 aromatic rings. The van der Waals surface area contributed by atoms with Crippen LogP contribution in [0, 0.1) is 17.2 Å². The van der Waals surface area contributed by atoms with Crippen LogP contribution in [0.5, 0.6) is 0 Å². The third-order valence-corrected chi connectivity index (χ3v) is 13.5. The number of nitrogens with one attached hydrogen (secondary N) is 1. The molecule has 0 bridgehead atoms. The Hall–Kier alpha value is -0.373. The zero-order chi connectivity index (χ0) is 22.9. The average molecular weight is 516 g/mol. The standard InChI is InChI=1S/C23H39BrN2O2SSi/c1-22(2,3)29(27)15-18(25)21(19-10-9-11-20(24)26-19)17-12-16(13-17)14-28-30(7,8)23(4,5)6/h9-11,16-17,21,25H,12-15H2,1-8H3/t16?,17?,21-,29-/m0/s1. The van der Waals surface area contributed by atoms with Crippen molar-refractivity contribution in [1.29, 1.82) is 5.41 Å². The molecular weight excluding hydrogens is 476 g/mol. The molecule has 0 spiro atoms. The summed E-state index contributed by atoms with van der Waals surface area (Å²) in [5, 5.41) is 9.03. The molecule has 0 aliphatic heterocycles. The predicted octanol–water partition coefficient (Wildman–Crippen LogP) is 6.54. The number of pyridine rings is 1. The lowest BCUT2D eigenvalue weighted by Crippen LogP contribution is -2.44. The first kappa shape index (κ1) is 25.9. The number of hydrogen-bond donors (Lipinski definition) is 1. The molecule has 1 aromatic heterocycles. The zero-order valence-corrected chi connectivity index (χ0v) is 23.2. The van der Waals surface area contributed by atoms with E-state index in [1.54, 1.807) is 0 Å². The van der Waals surface area contributed by atoms with E-state index in [2.05, 4.69) is 54.8 Å². The van der Waals surface area contributed by atoms with Crippen LogP contribution in [0.15, 0.2) is 22.8 Å². The molecule has 0 radical (unpaired) electrons. The van der Waals surface area contributed by atoms with E-state index in [1.165, 1.54) is 0 Å². The second-order valence-corrected chi connectivity index (χ2v) is 19.0. The summed E-state index contributed by atoms with van der Waals surface area (Å²) in [6, 6.07) is 5.89. The number of rotatable bonds is 8. The first-order valence-corrected chi connectivity index (χ1v) is 15.9. The maximum Gasteiger partial charge on any atom is 0.191 e. The number of hydrogen-bond acceptors (Lipinski definition) is 4. The van der Waals surface area contributed by atoms with Gasteiger partial charge in [-0.3, -0.25) is 4.21 Å². The molecule has 0 unspecified atom stereocenters. The summed E-state index contributed by atoms with van der Waals surface area (Å²) >= 11 is 3.47. The molecule has 7 heteroatoms. The van der Waals surface area contributed by atoms with Gasteiger partial charge >= 0.3 is 0 Å². The number of halogens is 1. The Morgan fingerprint density at radius 2 is 1.87 bits per heavy atom. The minimum atomic E-state index is -1.74. The van der Waals surface area contributed by atoms with Crippen LogP contribution < -0.4 is 0 Å². The Labute approximate surface area is 195 Å². The van der Waals surface area contributed by atoms with Crippen molar-refractivity contribution in [2.24, 2.45) is 11.8 Å². The van der Waals surface area contributed by atoms with E-state index in [1.807, 2.05) is 39.0 Å². The van der Waals surface area contributed by atoms with Gasteiger partial charge in [-0.2, -0.15) is 0 Å². The molecule has 1 heterocycles. The quantitative estimate of drug-likeness (QED) is 0.243. The predicted molar refractivity (Wildman–Crippen MR) is 135 cm³/mol. The fourth-order valence-electron chi connectivity index (χ4n) is 3.49. The van der Waals surface area contributed by atoms with Gasteiger partial charge in [0.1, 0.15) is 4.60 Å². The second kappa shape index (κ2) is 9.63. The summed E-state index contributed by atoms with van der Waals surface area (Å²) in [4.78, 5) is 4.66. The molecule has 1 N–H and O–H groups in total. The molecule has 2 rings (SSSR count). The van der Waals surface area contributed by atoms with E-state index in [0.717, 1.165) is 29.7 Å². The van der Waals surface area contributed by atoms with E-state index >= 15 is 0 Å². The summed E-state index contributed by atoms with van der Waals surface area (Å²) in [6.07, 6.45) is 2.08. The summed E-state index contributed by atoms with van der Waals surface area (Å²) in [7, 11) is -2.81. The van der Waals surface area contributed by atoms with Crippen molar-refractivity contribution in [3.05, 3.63) is 28.5 Å². The smallest absolute Gasteiger partial charge is 0.191 e. The topological polar surface area (TPSA) is 63.0 Å². The van der Waals surface area contributed by atoms with Gasteiger partial charge in [-0.25, -0.2) is 4.98 Å². The van der Waals surface area contributed by atoms with E-state index in [-0.39, 0.29) is 15.7 Å². The normalized spacial score (nSPS) is 22.3. The van der Waals surface area contributed by atoms with Crippen molar-refractivity contribution < 1.29 is 8.63 Å². The molecule has 1 aliphatic carbocycles. The van der Waals surface area contributed by atoms with Crippen LogP contribution in [-0.2, 0) is 15.2 Å². The highest BCUT2D eigenvalue weighted by molar-refractivity contribution is 9.10. The van der Waals surface area contributed by atoms with Crippen LogP contribution in [0.25, 0.3) is 0 Å². The van der Waals surface area contributed by atoms with Crippen LogP contribution in [0.1, 0.15) is 66.0 Å². The maximum absolute atomic E-state index is 12.7. The van der Waals surface area contributed by atoms with Crippen LogP contribution in [-0.4, -0.2) is 40.3 Å². The minimum absolute atomic E-state index is 0.0714. The van der Waals surface area contributed by atoms with E-state index in [4.69, 9.17) is 9.84 Å². The van der Waals surface area contributed by atoms with E-state index < -0.39 is 19.1 Å². The molecule has 0 aromatic carbocycles. The molecule has 30 heavy (non-hydrogen) atoms. The Kier molecular flexibility index (Phi) is 8.31. The van der Waals surface area contributed by atoms with Crippen molar-refractivity contribution in [3.63, 3.8) is 0 Å². The first-order chi connectivity index (χ1) is 13.6. The van der Waals surface area contributed by atoms with Crippen molar-refractivity contribution in [3.8, 4) is 0 Å². The van der Waals surface area contributed by atoms with Gasteiger partial charge in [0.05, 0.1) is 11.4 Å². The fourth-order valence-corrected chi connectivity index (χ4v) is 5.83. The zero-order valence-electron chi connectivity index (χ0n) is 19.8. The lowest BCUT2D eigenvalue weighted by molar-refractivity contribution is 0.106. The monoisotopic (exact) mass is 514 g/mol. The van der Waals surface area contributed by atoms with Crippen LogP contribution in [0.4, 0.5) is 0 Å². The van der Waals surface area contributed by atoms with Crippen LogP contribution in [0.2, 0.25) is 18.1 Å². The van der Waals surface area contributed by atoms with E-state index in [0.29, 0.717) is 23.3 Å². The van der Waals surface area contributed by atoms with Gasteiger partial charge in [-0.1, -0.05) is 26.8 Å². The minimum Gasteiger partial charge on any atom is -0.417 e. The van der Waals surface area contributed by atoms with Gasteiger partial charge in [-0.15, -0.1) is 0 Å². The van der Waals surface area contributed by atoms with E-state index in [9.17, 15) is 4.21 Å². The molecule has 170 valence electrons. The highest BCUT2D eigenvalue weighted by Crippen LogP contribution is 2.45.